The number of benzene rings is 1. The largest absolute Gasteiger partial charge is 0.454 e. The maximum atomic E-state index is 12.8. The molecule has 1 amide bonds. The number of nitrogens with zero attached hydrogens (tertiary/aromatic N) is 2. The summed E-state index contributed by atoms with van der Waals surface area (Å²) in [6.45, 7) is 6.89. The molecule has 0 aliphatic carbocycles. The number of amides is 1. The molecule has 142 valence electrons. The topological polar surface area (TPSA) is 71.1 Å². The monoisotopic (exact) mass is 361 g/mol. The third-order valence-electron chi connectivity index (χ3n) is 5.23. The minimum atomic E-state index is -0.374. The molecular weight excluding hydrogens is 334 g/mol. The second kappa shape index (κ2) is 8.05. The van der Waals surface area contributed by atoms with Gasteiger partial charge in [0, 0.05) is 18.5 Å². The van der Waals surface area contributed by atoms with Crippen molar-refractivity contribution in [1.29, 1.82) is 0 Å². The van der Waals surface area contributed by atoms with Crippen LogP contribution in [-0.4, -0.2) is 67.2 Å². The van der Waals surface area contributed by atoms with Crippen molar-refractivity contribution in [3.63, 3.8) is 0 Å². The van der Waals surface area contributed by atoms with Crippen LogP contribution < -0.4 is 14.8 Å². The number of carbonyl (C=O) groups excluding carboxylic acids is 2. The summed E-state index contributed by atoms with van der Waals surface area (Å²) in [6.07, 6.45) is 1.48. The number of Topliss-reactive ketones (excluding diaryl/α,β-unsaturated/α-hetero) is 1. The highest BCUT2D eigenvalue weighted by Gasteiger charge is 2.26. The Morgan fingerprint density at radius 1 is 1.23 bits per heavy atom. The van der Waals surface area contributed by atoms with Crippen molar-refractivity contribution in [1.82, 2.24) is 15.1 Å². The highest BCUT2D eigenvalue weighted by molar-refractivity contribution is 6.00. The maximum Gasteiger partial charge on any atom is 0.231 e. The molecule has 7 nitrogen and oxygen atoms in total. The summed E-state index contributed by atoms with van der Waals surface area (Å²) < 4.78 is 10.6. The van der Waals surface area contributed by atoms with Crippen LogP contribution in [0.4, 0.5) is 0 Å². The summed E-state index contributed by atoms with van der Waals surface area (Å²) in [5, 5.41) is 2.98. The molecule has 26 heavy (non-hydrogen) atoms. The lowest BCUT2D eigenvalue weighted by atomic mass is 10.0. The molecule has 0 radical (unpaired) electrons. The summed E-state index contributed by atoms with van der Waals surface area (Å²) in [4.78, 5) is 29.0. The predicted octanol–water partition coefficient (Wildman–Crippen LogP) is 1.48. The van der Waals surface area contributed by atoms with Crippen molar-refractivity contribution in [3.05, 3.63) is 23.8 Å². The van der Waals surface area contributed by atoms with Gasteiger partial charge < -0.3 is 19.7 Å². The van der Waals surface area contributed by atoms with Crippen molar-refractivity contribution < 1.29 is 19.1 Å². The van der Waals surface area contributed by atoms with Crippen LogP contribution in [0.3, 0.4) is 0 Å². The minimum absolute atomic E-state index is 0.0129. The third-order valence-corrected chi connectivity index (χ3v) is 5.23. The number of rotatable bonds is 8. The van der Waals surface area contributed by atoms with Crippen LogP contribution in [0.5, 0.6) is 11.5 Å². The predicted molar refractivity (Wildman–Crippen MR) is 97.4 cm³/mol. The van der Waals surface area contributed by atoms with Crippen LogP contribution in [0, 0.1) is 0 Å². The van der Waals surface area contributed by atoms with Crippen LogP contribution in [0.2, 0.25) is 0 Å². The fourth-order valence-electron chi connectivity index (χ4n) is 3.08. The van der Waals surface area contributed by atoms with Crippen molar-refractivity contribution in [3.8, 4) is 11.5 Å². The Morgan fingerprint density at radius 2 is 1.96 bits per heavy atom. The summed E-state index contributed by atoms with van der Waals surface area (Å²) in [5.41, 5.74) is 0.574. The van der Waals surface area contributed by atoms with Gasteiger partial charge in [0.15, 0.2) is 17.3 Å². The van der Waals surface area contributed by atoms with Gasteiger partial charge in [-0.05, 0) is 58.6 Å². The molecule has 0 spiro atoms. The van der Waals surface area contributed by atoms with Gasteiger partial charge in [-0.3, -0.25) is 14.5 Å². The molecule has 3 rings (SSSR count). The Kier molecular flexibility index (Phi) is 5.78. The lowest BCUT2D eigenvalue weighted by Gasteiger charge is -2.32. The molecule has 2 heterocycles. The molecule has 7 heteroatoms. The molecular formula is C19H27N3O4. The number of ether oxygens (including phenoxy) is 2. The quantitative estimate of drug-likeness (QED) is 0.559. The van der Waals surface area contributed by atoms with E-state index < -0.39 is 0 Å². The number of fused-ring (bicyclic) bond motifs is 1. The van der Waals surface area contributed by atoms with E-state index in [0.29, 0.717) is 23.5 Å². The summed E-state index contributed by atoms with van der Waals surface area (Å²) in [7, 11) is 1.84. The minimum Gasteiger partial charge on any atom is -0.454 e. The van der Waals surface area contributed by atoms with Crippen LogP contribution >= 0.6 is 0 Å². The van der Waals surface area contributed by atoms with Gasteiger partial charge in [-0.25, -0.2) is 0 Å². The molecule has 1 aromatic rings. The molecule has 2 atom stereocenters. The fourth-order valence-corrected chi connectivity index (χ4v) is 3.08. The van der Waals surface area contributed by atoms with Gasteiger partial charge in [0.1, 0.15) is 0 Å². The Morgan fingerprint density at radius 3 is 2.65 bits per heavy atom. The lowest BCUT2D eigenvalue weighted by Crippen LogP contribution is -2.51. The zero-order chi connectivity index (χ0) is 18.7. The summed E-state index contributed by atoms with van der Waals surface area (Å²) in [6, 6.07) is 4.84. The first-order chi connectivity index (χ1) is 12.5. The van der Waals surface area contributed by atoms with Crippen molar-refractivity contribution >= 4 is 11.7 Å². The van der Waals surface area contributed by atoms with E-state index in [2.05, 4.69) is 10.2 Å². The van der Waals surface area contributed by atoms with Crippen LogP contribution in [-0.2, 0) is 4.79 Å². The number of likely N-dealkylation sites (N-methyl/N-ethyl adjacent to an activating group) is 1. The smallest absolute Gasteiger partial charge is 0.231 e. The first-order valence-corrected chi connectivity index (χ1v) is 9.13. The molecule has 2 aliphatic rings. The number of hydrogen-bond acceptors (Lipinski definition) is 6. The van der Waals surface area contributed by atoms with Crippen LogP contribution in [0.15, 0.2) is 18.2 Å². The Hall–Kier alpha value is -2.12. The maximum absolute atomic E-state index is 12.8. The van der Waals surface area contributed by atoms with E-state index in [-0.39, 0.29) is 30.7 Å². The average Bonchev–Trinajstić information content (AvgIpc) is 3.05. The van der Waals surface area contributed by atoms with Crippen molar-refractivity contribution in [2.75, 3.05) is 33.5 Å². The van der Waals surface area contributed by atoms with Crippen LogP contribution in [0.25, 0.3) is 0 Å². The highest BCUT2D eigenvalue weighted by Crippen LogP contribution is 2.33. The van der Waals surface area contributed by atoms with Gasteiger partial charge >= 0.3 is 0 Å². The fraction of sp³-hybridized carbons (Fsp3) is 0.579. The zero-order valence-electron chi connectivity index (χ0n) is 15.7. The van der Waals surface area contributed by atoms with E-state index in [4.69, 9.17) is 9.47 Å². The van der Waals surface area contributed by atoms with E-state index in [9.17, 15) is 9.59 Å². The molecule has 0 aromatic heterocycles. The Bertz CT molecular complexity index is 675. The van der Waals surface area contributed by atoms with Gasteiger partial charge in [0.25, 0.3) is 0 Å². The van der Waals surface area contributed by atoms with E-state index in [1.54, 1.807) is 18.2 Å². The second-order valence-corrected chi connectivity index (χ2v) is 6.96. The van der Waals surface area contributed by atoms with Crippen molar-refractivity contribution in [2.24, 2.45) is 0 Å². The van der Waals surface area contributed by atoms with Gasteiger partial charge in [-0.15, -0.1) is 0 Å². The number of likely N-dealkylation sites (tertiary alicyclic amines) is 1. The number of hydrogen-bond donors (Lipinski definition) is 1. The standard InChI is InChI=1S/C19H27N3O4/c1-13(19(24)15-5-6-16-17(11-15)26-12-25-16)21(3)14(2)20-18(23)7-10-22-8-4-9-22/h5-6,11,13-14H,4,7-10,12H2,1-3H3,(H,20,23). The molecule has 1 N–H and O–H groups in total. The van der Waals surface area contributed by atoms with Crippen molar-refractivity contribution in [2.45, 2.75) is 38.9 Å². The highest BCUT2D eigenvalue weighted by atomic mass is 16.7. The summed E-state index contributed by atoms with van der Waals surface area (Å²) in [5.74, 6) is 1.25. The molecule has 1 fully saturated rings. The lowest BCUT2D eigenvalue weighted by molar-refractivity contribution is -0.123. The molecule has 0 bridgehead atoms. The first-order valence-electron chi connectivity index (χ1n) is 9.13. The number of nitrogens with one attached hydrogen (secondary N) is 1. The van der Waals surface area contributed by atoms with Crippen LogP contribution in [0.1, 0.15) is 37.0 Å². The number of carbonyl (C=O) groups is 2. The van der Waals surface area contributed by atoms with Gasteiger partial charge in [-0.1, -0.05) is 0 Å². The molecule has 2 unspecified atom stereocenters. The van der Waals surface area contributed by atoms with Gasteiger partial charge in [0.2, 0.25) is 12.7 Å². The SMILES string of the molecule is CC(NC(=O)CCN1CCC1)N(C)C(C)C(=O)c1ccc2c(c1)OCO2. The van der Waals surface area contributed by atoms with E-state index in [1.807, 2.05) is 25.8 Å². The normalized spacial score (nSPS) is 18.3. The molecule has 0 saturated carbocycles. The van der Waals surface area contributed by atoms with Gasteiger partial charge in [-0.2, -0.15) is 0 Å². The van der Waals surface area contributed by atoms with E-state index in [1.165, 1.54) is 6.42 Å². The van der Waals surface area contributed by atoms with Gasteiger partial charge in [0.05, 0.1) is 12.2 Å². The second-order valence-electron chi connectivity index (χ2n) is 6.96. The molecule has 1 saturated heterocycles. The Balaban J connectivity index is 1.52. The average molecular weight is 361 g/mol. The molecule has 2 aliphatic heterocycles. The molecule has 1 aromatic carbocycles. The van der Waals surface area contributed by atoms with E-state index >= 15 is 0 Å². The Labute approximate surface area is 154 Å². The summed E-state index contributed by atoms with van der Waals surface area (Å²) >= 11 is 0. The van der Waals surface area contributed by atoms with E-state index in [0.717, 1.165) is 19.6 Å². The third kappa shape index (κ3) is 4.16. The number of ketones is 1. The zero-order valence-corrected chi connectivity index (χ0v) is 15.7. The first kappa shape index (κ1) is 18.7.